The van der Waals surface area contributed by atoms with Crippen molar-refractivity contribution < 1.29 is 4.39 Å². The molecule has 0 saturated heterocycles. The van der Waals surface area contributed by atoms with Crippen molar-refractivity contribution >= 4 is 0 Å². The van der Waals surface area contributed by atoms with E-state index in [0.717, 1.165) is 0 Å². The van der Waals surface area contributed by atoms with Crippen molar-refractivity contribution in [3.8, 4) is 6.07 Å². The molecule has 1 fully saturated rings. The van der Waals surface area contributed by atoms with E-state index in [2.05, 4.69) is 0 Å². The largest absolute Gasteiger partial charge is 0.290 e. The number of hydrogen-bond donors (Lipinski definition) is 0. The van der Waals surface area contributed by atoms with E-state index in [1.165, 1.54) is 0 Å². The summed E-state index contributed by atoms with van der Waals surface area (Å²) in [5, 5.41) is 8.24. The molecule has 0 amide bonds. The first-order chi connectivity index (χ1) is 4.66. The van der Waals surface area contributed by atoms with Crippen LogP contribution in [0.5, 0.6) is 0 Å². The third-order valence-corrected chi connectivity index (χ3v) is 1.69. The standard InChI is InChI=1S/C7H11FN2/c1-10(5-4-9)6-7(8)2-3-7/h2-3,5-6H2,1H3. The van der Waals surface area contributed by atoms with Crippen LogP contribution in [0, 0.1) is 11.3 Å². The van der Waals surface area contributed by atoms with Gasteiger partial charge in [-0.05, 0) is 19.9 Å². The molecule has 0 radical (unpaired) electrons. The molecule has 0 bridgehead atoms. The molecule has 1 aliphatic carbocycles. The highest BCUT2D eigenvalue weighted by Gasteiger charge is 2.43. The first kappa shape index (κ1) is 7.49. The molecule has 0 heterocycles. The average molecular weight is 142 g/mol. The normalized spacial score (nSPS) is 20.6. The summed E-state index contributed by atoms with van der Waals surface area (Å²) in [5.41, 5.74) is -0.953. The maximum absolute atomic E-state index is 12.9. The van der Waals surface area contributed by atoms with E-state index < -0.39 is 5.67 Å². The predicted octanol–water partition coefficient (Wildman–Crippen LogP) is 0.944. The van der Waals surface area contributed by atoms with E-state index in [0.29, 0.717) is 25.9 Å². The van der Waals surface area contributed by atoms with Crippen molar-refractivity contribution in [2.24, 2.45) is 0 Å². The first-order valence-corrected chi connectivity index (χ1v) is 3.41. The smallest absolute Gasteiger partial charge is 0.123 e. The quantitative estimate of drug-likeness (QED) is 0.548. The van der Waals surface area contributed by atoms with Crippen LogP contribution >= 0.6 is 0 Å². The Morgan fingerprint density at radius 2 is 2.30 bits per heavy atom. The molecular weight excluding hydrogens is 131 g/mol. The lowest BCUT2D eigenvalue weighted by Gasteiger charge is -2.14. The van der Waals surface area contributed by atoms with E-state index in [1.807, 2.05) is 6.07 Å². The fourth-order valence-electron chi connectivity index (χ4n) is 0.954. The molecule has 1 aliphatic rings. The van der Waals surface area contributed by atoms with Gasteiger partial charge in [0.2, 0.25) is 0 Å². The molecule has 0 spiro atoms. The molecule has 0 atom stereocenters. The summed E-state index contributed by atoms with van der Waals surface area (Å²) in [7, 11) is 1.77. The van der Waals surface area contributed by atoms with Gasteiger partial charge in [0.1, 0.15) is 5.67 Å². The lowest BCUT2D eigenvalue weighted by Crippen LogP contribution is -2.27. The molecule has 10 heavy (non-hydrogen) atoms. The first-order valence-electron chi connectivity index (χ1n) is 3.41. The zero-order valence-electron chi connectivity index (χ0n) is 6.10. The van der Waals surface area contributed by atoms with Crippen LogP contribution in [0.25, 0.3) is 0 Å². The summed E-state index contributed by atoms with van der Waals surface area (Å²) in [5.74, 6) is 0. The Bertz CT molecular complexity index is 157. The second-order valence-corrected chi connectivity index (χ2v) is 2.98. The second kappa shape index (κ2) is 2.55. The van der Waals surface area contributed by atoms with Gasteiger partial charge in [-0.25, -0.2) is 4.39 Å². The molecule has 0 aromatic rings. The number of rotatable bonds is 3. The van der Waals surface area contributed by atoms with Crippen molar-refractivity contribution in [1.29, 1.82) is 5.26 Å². The lowest BCUT2D eigenvalue weighted by atomic mass is 10.3. The Morgan fingerprint density at radius 1 is 1.70 bits per heavy atom. The molecule has 0 N–H and O–H groups in total. The molecule has 0 aromatic heterocycles. The van der Waals surface area contributed by atoms with E-state index in [9.17, 15) is 4.39 Å². The maximum atomic E-state index is 12.9. The van der Waals surface area contributed by atoms with Gasteiger partial charge in [0.25, 0.3) is 0 Å². The maximum Gasteiger partial charge on any atom is 0.123 e. The predicted molar refractivity (Wildman–Crippen MR) is 36.2 cm³/mol. The van der Waals surface area contributed by atoms with Gasteiger partial charge in [-0.1, -0.05) is 0 Å². The fourth-order valence-corrected chi connectivity index (χ4v) is 0.954. The summed E-state index contributed by atoms with van der Waals surface area (Å²) in [4.78, 5) is 1.72. The Labute approximate surface area is 60.2 Å². The topological polar surface area (TPSA) is 27.0 Å². The van der Waals surface area contributed by atoms with Crippen molar-refractivity contribution in [2.75, 3.05) is 20.1 Å². The number of hydrogen-bond acceptors (Lipinski definition) is 2. The fraction of sp³-hybridized carbons (Fsp3) is 0.857. The van der Waals surface area contributed by atoms with Gasteiger partial charge in [0, 0.05) is 6.54 Å². The van der Waals surface area contributed by atoms with Gasteiger partial charge in [0.05, 0.1) is 12.6 Å². The molecule has 2 nitrogen and oxygen atoms in total. The number of alkyl halides is 1. The molecule has 0 unspecified atom stereocenters. The van der Waals surface area contributed by atoms with Crippen LogP contribution in [-0.4, -0.2) is 30.7 Å². The second-order valence-electron chi connectivity index (χ2n) is 2.98. The summed E-state index contributed by atoms with van der Waals surface area (Å²) in [6.45, 7) is 0.742. The van der Waals surface area contributed by atoms with Gasteiger partial charge < -0.3 is 0 Å². The molecule has 3 heteroatoms. The SMILES string of the molecule is CN(CC#N)CC1(F)CC1. The van der Waals surface area contributed by atoms with Crippen LogP contribution in [0.1, 0.15) is 12.8 Å². The molecule has 1 rings (SSSR count). The van der Waals surface area contributed by atoms with Crippen molar-refractivity contribution in [1.82, 2.24) is 4.90 Å². The summed E-state index contributed by atoms with van der Waals surface area (Å²) in [6.07, 6.45) is 1.34. The van der Waals surface area contributed by atoms with E-state index in [1.54, 1.807) is 11.9 Å². The van der Waals surface area contributed by atoms with Crippen LogP contribution in [0.15, 0.2) is 0 Å². The molecule has 0 aromatic carbocycles. The monoisotopic (exact) mass is 142 g/mol. The van der Waals surface area contributed by atoms with E-state index >= 15 is 0 Å². The molecule has 56 valence electrons. The number of nitrogens with zero attached hydrogens (tertiary/aromatic N) is 2. The van der Waals surface area contributed by atoms with Crippen molar-refractivity contribution in [2.45, 2.75) is 18.5 Å². The Balaban J connectivity index is 2.19. The molecule has 0 aliphatic heterocycles. The summed E-state index contributed by atoms with van der Waals surface area (Å²) < 4.78 is 12.9. The highest BCUT2D eigenvalue weighted by molar-refractivity contribution is 4.97. The van der Waals surface area contributed by atoms with Gasteiger partial charge in [-0.2, -0.15) is 5.26 Å². The van der Waals surface area contributed by atoms with Crippen molar-refractivity contribution in [3.63, 3.8) is 0 Å². The third-order valence-electron chi connectivity index (χ3n) is 1.69. The van der Waals surface area contributed by atoms with E-state index in [4.69, 9.17) is 5.26 Å². The van der Waals surface area contributed by atoms with Crippen molar-refractivity contribution in [3.05, 3.63) is 0 Å². The van der Waals surface area contributed by atoms with Crippen LogP contribution in [-0.2, 0) is 0 Å². The third kappa shape index (κ3) is 1.96. The molecular formula is C7H11FN2. The Hall–Kier alpha value is -0.620. The van der Waals surface area contributed by atoms with Gasteiger partial charge in [0.15, 0.2) is 0 Å². The van der Waals surface area contributed by atoms with Crippen LogP contribution in [0.3, 0.4) is 0 Å². The highest BCUT2D eigenvalue weighted by atomic mass is 19.1. The Kier molecular flexibility index (Phi) is 1.91. The Morgan fingerprint density at radius 3 is 2.70 bits per heavy atom. The minimum Gasteiger partial charge on any atom is -0.290 e. The van der Waals surface area contributed by atoms with Gasteiger partial charge in [-0.3, -0.25) is 4.90 Å². The number of nitriles is 1. The minimum absolute atomic E-state index is 0.325. The zero-order chi connectivity index (χ0) is 7.61. The van der Waals surface area contributed by atoms with Crippen LogP contribution in [0.2, 0.25) is 0 Å². The summed E-state index contributed by atoms with van der Waals surface area (Å²) >= 11 is 0. The summed E-state index contributed by atoms with van der Waals surface area (Å²) in [6, 6.07) is 1.98. The lowest BCUT2D eigenvalue weighted by molar-refractivity contribution is 0.216. The highest BCUT2D eigenvalue weighted by Crippen LogP contribution is 2.39. The van der Waals surface area contributed by atoms with Gasteiger partial charge >= 0.3 is 0 Å². The average Bonchev–Trinajstić information content (AvgIpc) is 2.48. The van der Waals surface area contributed by atoms with E-state index in [-0.39, 0.29) is 0 Å². The van der Waals surface area contributed by atoms with Gasteiger partial charge in [-0.15, -0.1) is 0 Å². The number of halogens is 1. The zero-order valence-corrected chi connectivity index (χ0v) is 6.10. The van der Waals surface area contributed by atoms with Crippen LogP contribution < -0.4 is 0 Å². The minimum atomic E-state index is -0.953. The van der Waals surface area contributed by atoms with Crippen LogP contribution in [0.4, 0.5) is 4.39 Å². The molecule has 1 saturated carbocycles.